The number of carboxylic acids is 1. The van der Waals surface area contributed by atoms with Crippen molar-refractivity contribution in [3.05, 3.63) is 11.4 Å². The Hall–Kier alpha value is -1.41. The van der Waals surface area contributed by atoms with Crippen LogP contribution >= 0.6 is 0 Å². The Bertz CT molecular complexity index is 647. The number of hydrogen-bond acceptors (Lipinski definition) is 4. The first kappa shape index (κ1) is 18.6. The van der Waals surface area contributed by atoms with Gasteiger partial charge in [-0.1, -0.05) is 13.8 Å². The topological polar surface area (TPSA) is 92.5 Å². The Labute approximate surface area is 132 Å². The largest absolute Gasteiger partial charge is 0.480 e. The van der Waals surface area contributed by atoms with E-state index < -0.39 is 28.6 Å². The Morgan fingerprint density at radius 1 is 1.27 bits per heavy atom. The summed E-state index contributed by atoms with van der Waals surface area (Å²) in [5.74, 6) is -0.851. The molecule has 0 saturated carbocycles. The van der Waals surface area contributed by atoms with Gasteiger partial charge < -0.3 is 5.11 Å². The fraction of sp³-hybridized carbons (Fsp3) is 0.714. The van der Waals surface area contributed by atoms with Crippen molar-refractivity contribution in [1.29, 1.82) is 0 Å². The normalized spacial score (nSPS) is 12.6. The molecule has 7 nitrogen and oxygen atoms in total. The van der Waals surface area contributed by atoms with Gasteiger partial charge in [0.25, 0.3) is 0 Å². The maximum absolute atomic E-state index is 12.9. The average Bonchev–Trinajstić information content (AvgIpc) is 2.60. The molecule has 22 heavy (non-hydrogen) atoms. The second-order valence-corrected chi connectivity index (χ2v) is 7.94. The third kappa shape index (κ3) is 3.86. The zero-order valence-electron chi connectivity index (χ0n) is 14.0. The van der Waals surface area contributed by atoms with E-state index in [2.05, 4.69) is 5.10 Å². The van der Waals surface area contributed by atoms with Gasteiger partial charge in [-0.3, -0.25) is 9.48 Å². The minimum atomic E-state index is -3.90. The van der Waals surface area contributed by atoms with Crippen molar-refractivity contribution >= 4 is 16.0 Å². The van der Waals surface area contributed by atoms with Gasteiger partial charge in [0.2, 0.25) is 10.0 Å². The number of sulfonamides is 1. The monoisotopic (exact) mass is 331 g/mol. The summed E-state index contributed by atoms with van der Waals surface area (Å²) < 4.78 is 28.4. The van der Waals surface area contributed by atoms with E-state index >= 15 is 0 Å². The van der Waals surface area contributed by atoms with Gasteiger partial charge in [0.15, 0.2) is 0 Å². The van der Waals surface area contributed by atoms with Gasteiger partial charge >= 0.3 is 5.97 Å². The van der Waals surface area contributed by atoms with E-state index in [0.29, 0.717) is 23.9 Å². The molecule has 1 rings (SSSR count). The molecule has 0 saturated heterocycles. The summed E-state index contributed by atoms with van der Waals surface area (Å²) in [7, 11) is -3.90. The lowest BCUT2D eigenvalue weighted by Crippen LogP contribution is -2.41. The van der Waals surface area contributed by atoms with E-state index in [-0.39, 0.29) is 4.90 Å². The van der Waals surface area contributed by atoms with Crippen molar-refractivity contribution in [1.82, 2.24) is 14.1 Å². The van der Waals surface area contributed by atoms with E-state index in [0.717, 1.165) is 4.31 Å². The molecule has 1 N–H and O–H groups in total. The summed E-state index contributed by atoms with van der Waals surface area (Å²) in [6.07, 6.45) is 0. The first-order valence-electron chi connectivity index (χ1n) is 7.26. The number of carbonyl (C=O) groups is 1. The highest BCUT2D eigenvalue weighted by atomic mass is 32.2. The van der Waals surface area contributed by atoms with Crippen LogP contribution in [-0.4, -0.2) is 46.2 Å². The van der Waals surface area contributed by atoms with Crippen molar-refractivity contribution in [2.24, 2.45) is 5.92 Å². The van der Waals surface area contributed by atoms with Crippen molar-refractivity contribution < 1.29 is 18.3 Å². The standard InChI is InChI=1S/C14H25N3O4S/c1-9(2)7-16-12(6)14(11(5)15-16)22(20,21)17(10(3)4)8-13(18)19/h9-10H,7-8H2,1-6H3,(H,18,19). The highest BCUT2D eigenvalue weighted by Crippen LogP contribution is 2.25. The van der Waals surface area contributed by atoms with E-state index in [4.69, 9.17) is 5.11 Å². The predicted molar refractivity (Wildman–Crippen MR) is 83.2 cm³/mol. The maximum Gasteiger partial charge on any atom is 0.318 e. The first-order chi connectivity index (χ1) is 9.98. The molecule has 0 bridgehead atoms. The molecule has 0 radical (unpaired) electrons. The number of aryl methyl sites for hydroxylation is 1. The lowest BCUT2D eigenvalue weighted by Gasteiger charge is -2.24. The van der Waals surface area contributed by atoms with Crippen LogP contribution in [0.1, 0.15) is 39.1 Å². The zero-order chi connectivity index (χ0) is 17.2. The van der Waals surface area contributed by atoms with E-state index in [1.807, 2.05) is 13.8 Å². The molecule has 8 heteroatoms. The summed E-state index contributed by atoms with van der Waals surface area (Å²) in [4.78, 5) is 11.1. The molecule has 0 spiro atoms. The smallest absolute Gasteiger partial charge is 0.318 e. The van der Waals surface area contributed by atoms with Gasteiger partial charge in [0.05, 0.1) is 11.4 Å². The van der Waals surface area contributed by atoms with Gasteiger partial charge in [-0.25, -0.2) is 8.42 Å². The van der Waals surface area contributed by atoms with Crippen LogP contribution in [0.3, 0.4) is 0 Å². The SMILES string of the molecule is Cc1nn(CC(C)C)c(C)c1S(=O)(=O)N(CC(=O)O)C(C)C. The zero-order valence-corrected chi connectivity index (χ0v) is 14.8. The van der Waals surface area contributed by atoms with Gasteiger partial charge in [0, 0.05) is 12.6 Å². The van der Waals surface area contributed by atoms with Crippen molar-refractivity contribution in [2.75, 3.05) is 6.54 Å². The van der Waals surface area contributed by atoms with Crippen LogP contribution in [0.15, 0.2) is 4.90 Å². The molecule has 1 aromatic heterocycles. The summed E-state index contributed by atoms with van der Waals surface area (Å²) in [5, 5.41) is 13.3. The number of aromatic nitrogens is 2. The summed E-state index contributed by atoms with van der Waals surface area (Å²) in [6, 6.07) is -0.451. The second-order valence-electron chi connectivity index (χ2n) is 6.11. The summed E-state index contributed by atoms with van der Waals surface area (Å²) in [6.45, 7) is 10.7. The molecule has 1 heterocycles. The maximum atomic E-state index is 12.9. The molecule has 1 aromatic rings. The van der Waals surface area contributed by atoms with Crippen LogP contribution in [0.4, 0.5) is 0 Å². The van der Waals surface area contributed by atoms with Crippen LogP contribution in [0.5, 0.6) is 0 Å². The highest BCUT2D eigenvalue weighted by Gasteiger charge is 2.34. The predicted octanol–water partition coefficient (Wildman–Crippen LogP) is 1.64. The number of carboxylic acid groups (broad SMARTS) is 1. The van der Waals surface area contributed by atoms with Crippen LogP contribution in [0, 0.1) is 19.8 Å². The fourth-order valence-electron chi connectivity index (χ4n) is 2.37. The number of nitrogens with zero attached hydrogens (tertiary/aromatic N) is 3. The second kappa shape index (κ2) is 6.78. The lowest BCUT2D eigenvalue weighted by atomic mass is 10.2. The third-order valence-corrected chi connectivity index (χ3v) is 5.56. The summed E-state index contributed by atoms with van der Waals surface area (Å²) in [5.41, 5.74) is 0.941. The number of hydrogen-bond donors (Lipinski definition) is 1. The van der Waals surface area contributed by atoms with E-state index in [1.54, 1.807) is 32.4 Å². The first-order valence-corrected chi connectivity index (χ1v) is 8.70. The van der Waals surface area contributed by atoms with E-state index in [9.17, 15) is 13.2 Å². The van der Waals surface area contributed by atoms with Crippen molar-refractivity contribution in [2.45, 2.75) is 59.0 Å². The molecule has 0 atom stereocenters. The number of aliphatic carboxylic acids is 1. The lowest BCUT2D eigenvalue weighted by molar-refractivity contribution is -0.137. The van der Waals surface area contributed by atoms with Crippen LogP contribution < -0.4 is 0 Å². The Balaban J connectivity index is 3.38. The minimum absolute atomic E-state index is 0.114. The van der Waals surface area contributed by atoms with Crippen LogP contribution in [0.2, 0.25) is 0 Å². The molecule has 0 fully saturated rings. The molecule has 0 amide bonds. The fourth-order valence-corrected chi connectivity index (χ4v) is 4.34. The summed E-state index contributed by atoms with van der Waals surface area (Å²) >= 11 is 0. The minimum Gasteiger partial charge on any atom is -0.480 e. The van der Waals surface area contributed by atoms with Gasteiger partial charge in [-0.2, -0.15) is 9.40 Å². The quantitative estimate of drug-likeness (QED) is 0.820. The van der Waals surface area contributed by atoms with Gasteiger partial charge in [-0.05, 0) is 33.6 Å². The van der Waals surface area contributed by atoms with Gasteiger partial charge in [0.1, 0.15) is 11.4 Å². The van der Waals surface area contributed by atoms with E-state index in [1.165, 1.54) is 0 Å². The molecule has 126 valence electrons. The third-order valence-electron chi connectivity index (χ3n) is 3.29. The van der Waals surface area contributed by atoms with Crippen molar-refractivity contribution in [3.63, 3.8) is 0 Å². The molecule has 0 aliphatic rings. The van der Waals surface area contributed by atoms with Crippen molar-refractivity contribution in [3.8, 4) is 0 Å². The molecule has 0 unspecified atom stereocenters. The van der Waals surface area contributed by atoms with Crippen LogP contribution in [-0.2, 0) is 21.4 Å². The average molecular weight is 331 g/mol. The molecule has 0 aliphatic heterocycles. The molecule has 0 aromatic carbocycles. The highest BCUT2D eigenvalue weighted by molar-refractivity contribution is 7.89. The Morgan fingerprint density at radius 3 is 2.23 bits per heavy atom. The number of rotatable bonds is 7. The van der Waals surface area contributed by atoms with Crippen LogP contribution in [0.25, 0.3) is 0 Å². The van der Waals surface area contributed by atoms with Gasteiger partial charge in [-0.15, -0.1) is 0 Å². The molecular weight excluding hydrogens is 306 g/mol. The Morgan fingerprint density at radius 2 is 1.82 bits per heavy atom. The molecule has 0 aliphatic carbocycles. The Kier molecular flexibility index (Phi) is 5.75. The molecular formula is C14H25N3O4S.